The summed E-state index contributed by atoms with van der Waals surface area (Å²) in [6, 6.07) is 0. The van der Waals surface area contributed by atoms with Crippen molar-refractivity contribution in [3.8, 4) is 0 Å². The van der Waals surface area contributed by atoms with Gasteiger partial charge in [0.05, 0.1) is 5.60 Å². The minimum Gasteiger partial charge on any atom is -0.390 e. The molecule has 0 bridgehead atoms. The van der Waals surface area contributed by atoms with Gasteiger partial charge in [-0.3, -0.25) is 0 Å². The molecule has 1 aliphatic carbocycles. The fourth-order valence-electron chi connectivity index (χ4n) is 3.52. The topological polar surface area (TPSA) is 49.2 Å². The number of fused-ring (bicyclic) bond motifs is 1. The van der Waals surface area contributed by atoms with Gasteiger partial charge in [0.25, 0.3) is 0 Å². The molecule has 0 aromatic carbocycles. The lowest BCUT2D eigenvalue weighted by molar-refractivity contribution is 0.0602. The lowest BCUT2D eigenvalue weighted by Crippen LogP contribution is -2.26. The van der Waals surface area contributed by atoms with E-state index in [0.29, 0.717) is 5.92 Å². The van der Waals surface area contributed by atoms with Gasteiger partial charge in [-0.15, -0.1) is 0 Å². The summed E-state index contributed by atoms with van der Waals surface area (Å²) in [4.78, 5) is 11.1. The van der Waals surface area contributed by atoms with Crippen LogP contribution in [0.1, 0.15) is 44.4 Å². The Balaban J connectivity index is 1.98. The lowest BCUT2D eigenvalue weighted by atomic mass is 9.87. The van der Waals surface area contributed by atoms with Gasteiger partial charge in [0.15, 0.2) is 0 Å². The van der Waals surface area contributed by atoms with E-state index in [1.165, 1.54) is 11.3 Å². The third-order valence-corrected chi connectivity index (χ3v) is 4.61. The second-order valence-electron chi connectivity index (χ2n) is 7.06. The number of aromatic nitrogens is 2. The van der Waals surface area contributed by atoms with Crippen molar-refractivity contribution in [1.82, 2.24) is 9.97 Å². The number of rotatable bonds is 3. The number of anilines is 1. The van der Waals surface area contributed by atoms with E-state index in [1.54, 1.807) is 6.33 Å². The summed E-state index contributed by atoms with van der Waals surface area (Å²) < 4.78 is 0. The first-order valence-electron chi connectivity index (χ1n) is 8.05. The number of hydrogen-bond acceptors (Lipinski definition) is 4. The summed E-state index contributed by atoms with van der Waals surface area (Å²) in [6.45, 7) is 8.78. The summed E-state index contributed by atoms with van der Waals surface area (Å²) in [7, 11) is 0. The summed E-state index contributed by atoms with van der Waals surface area (Å²) in [5.74, 6) is 1.37. The average molecular weight is 299 g/mol. The number of aryl methyl sites for hydroxylation is 1. The second-order valence-corrected chi connectivity index (χ2v) is 7.06. The SMILES string of the molecule is Cc1ncnc(N2CC(CC(C)(C)O)C3=CCCC=C32)c1C. The summed E-state index contributed by atoms with van der Waals surface area (Å²) in [5, 5.41) is 10.2. The monoisotopic (exact) mass is 299 g/mol. The molecular formula is C18H25N3O. The normalized spacial score (nSPS) is 21.5. The molecule has 1 aromatic heterocycles. The number of aliphatic hydroxyl groups is 1. The average Bonchev–Trinajstić information content (AvgIpc) is 2.79. The zero-order chi connectivity index (χ0) is 15.9. The maximum atomic E-state index is 10.2. The molecular weight excluding hydrogens is 274 g/mol. The third kappa shape index (κ3) is 2.80. The van der Waals surface area contributed by atoms with E-state index in [9.17, 15) is 5.11 Å². The van der Waals surface area contributed by atoms with Gasteiger partial charge >= 0.3 is 0 Å². The first-order valence-corrected chi connectivity index (χ1v) is 8.05. The molecule has 1 atom stereocenters. The fourth-order valence-corrected chi connectivity index (χ4v) is 3.52. The highest BCUT2D eigenvalue weighted by Gasteiger charge is 2.37. The number of hydrogen-bond donors (Lipinski definition) is 1. The highest BCUT2D eigenvalue weighted by Crippen LogP contribution is 2.42. The van der Waals surface area contributed by atoms with Crippen molar-refractivity contribution >= 4 is 5.82 Å². The van der Waals surface area contributed by atoms with Crippen molar-refractivity contribution < 1.29 is 5.11 Å². The molecule has 1 fully saturated rings. The van der Waals surface area contributed by atoms with Crippen molar-refractivity contribution in [2.45, 2.75) is 52.6 Å². The molecule has 118 valence electrons. The molecule has 1 unspecified atom stereocenters. The van der Waals surface area contributed by atoms with Crippen molar-refractivity contribution in [2.75, 3.05) is 11.4 Å². The molecule has 1 aromatic rings. The Morgan fingerprint density at radius 1 is 1.23 bits per heavy atom. The van der Waals surface area contributed by atoms with Crippen LogP contribution in [0.5, 0.6) is 0 Å². The van der Waals surface area contributed by atoms with Crippen molar-refractivity contribution in [2.24, 2.45) is 5.92 Å². The molecule has 1 N–H and O–H groups in total. The van der Waals surface area contributed by atoms with Gasteiger partial charge in [0.2, 0.25) is 0 Å². The summed E-state index contributed by atoms with van der Waals surface area (Å²) in [6.07, 6.45) is 9.25. The van der Waals surface area contributed by atoms with Crippen LogP contribution in [-0.4, -0.2) is 27.2 Å². The van der Waals surface area contributed by atoms with Crippen LogP contribution >= 0.6 is 0 Å². The molecule has 2 heterocycles. The van der Waals surface area contributed by atoms with Gasteiger partial charge in [0, 0.05) is 29.4 Å². The third-order valence-electron chi connectivity index (χ3n) is 4.61. The molecule has 3 rings (SSSR count). The molecule has 0 radical (unpaired) electrons. The van der Waals surface area contributed by atoms with Crippen LogP contribution in [0, 0.1) is 19.8 Å². The fraction of sp³-hybridized carbons (Fsp3) is 0.556. The molecule has 0 amide bonds. The zero-order valence-electron chi connectivity index (χ0n) is 13.9. The van der Waals surface area contributed by atoms with Gasteiger partial charge in [-0.1, -0.05) is 12.2 Å². The van der Waals surface area contributed by atoms with E-state index in [-0.39, 0.29) is 0 Å². The standard InChI is InChI=1S/C18H25N3O/c1-12-13(2)19-11-20-17(12)21-10-14(9-18(3,4)22)15-7-5-6-8-16(15)21/h7-8,11,14,22H,5-6,9-10H2,1-4H3. The second kappa shape index (κ2) is 5.51. The van der Waals surface area contributed by atoms with E-state index in [0.717, 1.165) is 42.9 Å². The van der Waals surface area contributed by atoms with E-state index < -0.39 is 5.60 Å². The molecule has 22 heavy (non-hydrogen) atoms. The van der Waals surface area contributed by atoms with Crippen molar-refractivity contribution in [3.05, 3.63) is 41.0 Å². The Morgan fingerprint density at radius 3 is 2.68 bits per heavy atom. The molecule has 1 aliphatic heterocycles. The van der Waals surface area contributed by atoms with E-state index >= 15 is 0 Å². The Bertz CT molecular complexity index is 640. The number of allylic oxidation sites excluding steroid dienone is 3. The van der Waals surface area contributed by atoms with E-state index in [2.05, 4.69) is 33.9 Å². The van der Waals surface area contributed by atoms with Crippen LogP contribution in [0.3, 0.4) is 0 Å². The molecule has 4 heteroatoms. The van der Waals surface area contributed by atoms with Crippen molar-refractivity contribution in [3.63, 3.8) is 0 Å². The molecule has 2 aliphatic rings. The maximum absolute atomic E-state index is 10.2. The smallest absolute Gasteiger partial charge is 0.139 e. The lowest BCUT2D eigenvalue weighted by Gasteiger charge is -2.23. The minimum absolute atomic E-state index is 0.362. The van der Waals surface area contributed by atoms with Gasteiger partial charge in [-0.25, -0.2) is 9.97 Å². The van der Waals surface area contributed by atoms with E-state index in [1.807, 2.05) is 20.8 Å². The van der Waals surface area contributed by atoms with Gasteiger partial charge in [-0.05, 0) is 52.5 Å². The minimum atomic E-state index is -0.652. The molecule has 1 saturated heterocycles. The van der Waals surface area contributed by atoms with Crippen LogP contribution in [0.4, 0.5) is 5.82 Å². The van der Waals surface area contributed by atoms with Gasteiger partial charge in [-0.2, -0.15) is 0 Å². The van der Waals surface area contributed by atoms with Gasteiger partial charge < -0.3 is 10.0 Å². The molecule has 0 spiro atoms. The first kappa shape index (κ1) is 15.2. The van der Waals surface area contributed by atoms with Crippen LogP contribution in [-0.2, 0) is 0 Å². The zero-order valence-corrected chi connectivity index (χ0v) is 13.9. The predicted molar refractivity (Wildman–Crippen MR) is 88.7 cm³/mol. The highest BCUT2D eigenvalue weighted by atomic mass is 16.3. The highest BCUT2D eigenvalue weighted by molar-refractivity contribution is 5.62. The predicted octanol–water partition coefficient (Wildman–Crippen LogP) is 3.29. The van der Waals surface area contributed by atoms with Crippen LogP contribution in [0.15, 0.2) is 29.7 Å². The van der Waals surface area contributed by atoms with Crippen LogP contribution < -0.4 is 4.90 Å². The molecule has 0 saturated carbocycles. The summed E-state index contributed by atoms with van der Waals surface area (Å²) >= 11 is 0. The van der Waals surface area contributed by atoms with Gasteiger partial charge in [0.1, 0.15) is 12.1 Å². The summed E-state index contributed by atoms with van der Waals surface area (Å²) in [5.41, 5.74) is 4.17. The molecule has 4 nitrogen and oxygen atoms in total. The van der Waals surface area contributed by atoms with Crippen molar-refractivity contribution in [1.29, 1.82) is 0 Å². The Kier molecular flexibility index (Phi) is 3.81. The maximum Gasteiger partial charge on any atom is 0.139 e. The Hall–Kier alpha value is -1.68. The largest absolute Gasteiger partial charge is 0.390 e. The first-order chi connectivity index (χ1) is 10.4. The Morgan fingerprint density at radius 2 is 1.95 bits per heavy atom. The Labute approximate surface area is 132 Å². The van der Waals surface area contributed by atoms with Crippen LogP contribution in [0.25, 0.3) is 0 Å². The number of nitrogens with zero attached hydrogens (tertiary/aromatic N) is 3. The van der Waals surface area contributed by atoms with E-state index in [4.69, 9.17) is 0 Å². The van der Waals surface area contributed by atoms with Crippen LogP contribution in [0.2, 0.25) is 0 Å². The quantitative estimate of drug-likeness (QED) is 0.930.